The van der Waals surface area contributed by atoms with Crippen molar-refractivity contribution in [3.63, 3.8) is 0 Å². The molecule has 0 heterocycles. The van der Waals surface area contributed by atoms with Crippen LogP contribution in [0.5, 0.6) is 0 Å². The molecule has 0 saturated heterocycles. The fraction of sp³-hybridized carbons (Fsp3) is 0.571. The highest BCUT2D eigenvalue weighted by Gasteiger charge is 2.20. The summed E-state index contributed by atoms with van der Waals surface area (Å²) in [6.07, 6.45) is 0. The van der Waals surface area contributed by atoms with E-state index >= 15 is 0 Å². The first kappa shape index (κ1) is 10.4. The molecule has 0 aromatic carbocycles. The SMILES string of the molecule is C=C(N)C(C)(C)CSC(N)=O. The van der Waals surface area contributed by atoms with Gasteiger partial charge in [0.05, 0.1) is 0 Å². The summed E-state index contributed by atoms with van der Waals surface area (Å²) in [5, 5.41) is -0.376. The molecular weight excluding hydrogens is 160 g/mol. The van der Waals surface area contributed by atoms with Crippen LogP contribution in [0, 0.1) is 5.41 Å². The summed E-state index contributed by atoms with van der Waals surface area (Å²) < 4.78 is 0. The standard InChI is InChI=1S/C7H14N2OS/c1-5(8)7(2,3)4-11-6(9)10/h1,4,8H2,2-3H3,(H2,9,10). The molecule has 0 aromatic heterocycles. The lowest BCUT2D eigenvalue weighted by atomic mass is 9.93. The molecule has 1 amide bonds. The number of hydrogen-bond acceptors (Lipinski definition) is 3. The maximum atomic E-state index is 10.4. The molecular formula is C7H14N2OS. The lowest BCUT2D eigenvalue weighted by Crippen LogP contribution is -2.24. The Morgan fingerprint density at radius 3 is 2.27 bits per heavy atom. The first-order chi connectivity index (χ1) is 4.86. The summed E-state index contributed by atoms with van der Waals surface area (Å²) in [4.78, 5) is 10.4. The average Bonchev–Trinajstić information content (AvgIpc) is 1.84. The number of hydrogen-bond donors (Lipinski definition) is 2. The van der Waals surface area contributed by atoms with Crippen molar-refractivity contribution in [2.24, 2.45) is 16.9 Å². The molecule has 0 saturated carbocycles. The Morgan fingerprint density at radius 1 is 1.55 bits per heavy atom. The zero-order chi connectivity index (χ0) is 9.07. The van der Waals surface area contributed by atoms with Crippen LogP contribution in [0.25, 0.3) is 0 Å². The minimum Gasteiger partial charge on any atom is -0.402 e. The van der Waals surface area contributed by atoms with Crippen molar-refractivity contribution in [3.05, 3.63) is 12.3 Å². The highest BCUT2D eigenvalue weighted by molar-refractivity contribution is 8.13. The van der Waals surface area contributed by atoms with E-state index < -0.39 is 0 Å². The Kier molecular flexibility index (Phi) is 3.45. The van der Waals surface area contributed by atoms with Crippen molar-refractivity contribution in [1.82, 2.24) is 0 Å². The highest BCUT2D eigenvalue weighted by atomic mass is 32.2. The summed E-state index contributed by atoms with van der Waals surface area (Å²) in [5.41, 5.74) is 10.8. The monoisotopic (exact) mass is 174 g/mol. The Bertz CT molecular complexity index is 177. The quantitative estimate of drug-likeness (QED) is 0.677. The zero-order valence-corrected chi connectivity index (χ0v) is 7.70. The second-order valence-electron chi connectivity index (χ2n) is 3.02. The maximum absolute atomic E-state index is 10.4. The zero-order valence-electron chi connectivity index (χ0n) is 6.89. The molecule has 0 radical (unpaired) electrons. The predicted octanol–water partition coefficient (Wildman–Crippen LogP) is 1.30. The summed E-state index contributed by atoms with van der Waals surface area (Å²) in [6.45, 7) is 7.46. The third kappa shape index (κ3) is 3.93. The molecule has 4 heteroatoms. The summed E-state index contributed by atoms with van der Waals surface area (Å²) in [6, 6.07) is 0. The van der Waals surface area contributed by atoms with Crippen LogP contribution >= 0.6 is 11.8 Å². The fourth-order valence-corrected chi connectivity index (χ4v) is 1.03. The minimum atomic E-state index is -0.376. The average molecular weight is 174 g/mol. The Balaban J connectivity index is 3.92. The second kappa shape index (κ2) is 3.67. The molecule has 0 atom stereocenters. The topological polar surface area (TPSA) is 69.1 Å². The number of thioether (sulfide) groups is 1. The first-order valence-electron chi connectivity index (χ1n) is 3.23. The van der Waals surface area contributed by atoms with Crippen molar-refractivity contribution < 1.29 is 4.79 Å². The summed E-state index contributed by atoms with van der Waals surface area (Å²) in [7, 11) is 0. The summed E-state index contributed by atoms with van der Waals surface area (Å²) in [5.74, 6) is 0.581. The number of rotatable bonds is 3. The van der Waals surface area contributed by atoms with E-state index in [9.17, 15) is 4.79 Å². The number of amides is 1. The molecule has 0 spiro atoms. The van der Waals surface area contributed by atoms with E-state index in [1.165, 1.54) is 0 Å². The van der Waals surface area contributed by atoms with Gasteiger partial charge in [-0.1, -0.05) is 32.2 Å². The van der Waals surface area contributed by atoms with Gasteiger partial charge in [0.1, 0.15) is 0 Å². The van der Waals surface area contributed by atoms with Crippen LogP contribution in [-0.4, -0.2) is 11.0 Å². The largest absolute Gasteiger partial charge is 0.402 e. The van der Waals surface area contributed by atoms with E-state index in [0.717, 1.165) is 11.8 Å². The Morgan fingerprint density at radius 2 is 2.00 bits per heavy atom. The predicted molar refractivity (Wildman–Crippen MR) is 49.1 cm³/mol. The van der Waals surface area contributed by atoms with Gasteiger partial charge < -0.3 is 11.5 Å². The van der Waals surface area contributed by atoms with Crippen molar-refractivity contribution in [2.45, 2.75) is 13.8 Å². The van der Waals surface area contributed by atoms with Crippen LogP contribution in [0.1, 0.15) is 13.8 Å². The smallest absolute Gasteiger partial charge is 0.276 e. The van der Waals surface area contributed by atoms with E-state index in [1.807, 2.05) is 13.8 Å². The van der Waals surface area contributed by atoms with Crippen LogP contribution in [0.4, 0.5) is 4.79 Å². The van der Waals surface area contributed by atoms with Gasteiger partial charge in [-0.2, -0.15) is 0 Å². The number of allylic oxidation sites excluding steroid dienone is 1. The molecule has 0 fully saturated rings. The molecule has 0 aliphatic rings. The van der Waals surface area contributed by atoms with Crippen molar-refractivity contribution >= 4 is 17.0 Å². The van der Waals surface area contributed by atoms with E-state index in [4.69, 9.17) is 11.5 Å². The summed E-state index contributed by atoms with van der Waals surface area (Å²) >= 11 is 1.06. The van der Waals surface area contributed by atoms with Crippen molar-refractivity contribution in [3.8, 4) is 0 Å². The van der Waals surface area contributed by atoms with Gasteiger partial charge in [-0.3, -0.25) is 4.79 Å². The lowest BCUT2D eigenvalue weighted by molar-refractivity contribution is 0.267. The van der Waals surface area contributed by atoms with Gasteiger partial charge in [0.2, 0.25) is 0 Å². The molecule has 3 nitrogen and oxygen atoms in total. The van der Waals surface area contributed by atoms with E-state index in [0.29, 0.717) is 11.4 Å². The lowest BCUT2D eigenvalue weighted by Gasteiger charge is -2.22. The molecule has 0 rings (SSSR count). The third-order valence-electron chi connectivity index (χ3n) is 1.44. The van der Waals surface area contributed by atoms with E-state index in [-0.39, 0.29) is 10.7 Å². The normalized spacial score (nSPS) is 11.1. The molecule has 11 heavy (non-hydrogen) atoms. The fourth-order valence-electron chi connectivity index (χ4n) is 0.344. The molecule has 0 unspecified atom stereocenters. The van der Waals surface area contributed by atoms with Gasteiger partial charge in [0.15, 0.2) is 0 Å². The Labute approximate surface area is 71.2 Å². The van der Waals surface area contributed by atoms with Gasteiger partial charge >= 0.3 is 0 Å². The van der Waals surface area contributed by atoms with E-state index in [2.05, 4.69) is 6.58 Å². The first-order valence-corrected chi connectivity index (χ1v) is 4.22. The van der Waals surface area contributed by atoms with Crippen LogP contribution < -0.4 is 11.5 Å². The van der Waals surface area contributed by atoms with E-state index in [1.54, 1.807) is 0 Å². The molecule has 64 valence electrons. The number of primary amides is 1. The van der Waals surface area contributed by atoms with Gasteiger partial charge in [0, 0.05) is 16.9 Å². The minimum absolute atomic E-state index is 0.223. The number of carbonyl (C=O) groups is 1. The molecule has 4 N–H and O–H groups in total. The van der Waals surface area contributed by atoms with Gasteiger partial charge in [-0.05, 0) is 0 Å². The third-order valence-corrected chi connectivity index (χ3v) is 2.60. The molecule has 0 aliphatic heterocycles. The van der Waals surface area contributed by atoms with Crippen LogP contribution in [0.3, 0.4) is 0 Å². The van der Waals surface area contributed by atoms with Gasteiger partial charge in [-0.15, -0.1) is 0 Å². The van der Waals surface area contributed by atoms with Crippen LogP contribution in [0.2, 0.25) is 0 Å². The maximum Gasteiger partial charge on any atom is 0.276 e. The number of carbonyl (C=O) groups excluding carboxylic acids is 1. The van der Waals surface area contributed by atoms with Gasteiger partial charge in [0.25, 0.3) is 5.24 Å². The van der Waals surface area contributed by atoms with Crippen LogP contribution in [-0.2, 0) is 0 Å². The van der Waals surface area contributed by atoms with Crippen molar-refractivity contribution in [2.75, 3.05) is 5.75 Å². The Hall–Kier alpha value is -0.640. The number of nitrogens with two attached hydrogens (primary N) is 2. The van der Waals surface area contributed by atoms with Gasteiger partial charge in [-0.25, -0.2) is 0 Å². The van der Waals surface area contributed by atoms with Crippen LogP contribution in [0.15, 0.2) is 12.3 Å². The molecule has 0 bridgehead atoms. The molecule has 0 aromatic rings. The highest BCUT2D eigenvalue weighted by Crippen LogP contribution is 2.25. The second-order valence-corrected chi connectivity index (χ2v) is 4.00. The molecule has 0 aliphatic carbocycles. The van der Waals surface area contributed by atoms with Crippen molar-refractivity contribution in [1.29, 1.82) is 0 Å².